The van der Waals surface area contributed by atoms with E-state index < -0.39 is 0 Å². The van der Waals surface area contributed by atoms with Crippen LogP contribution in [0.4, 0.5) is 0 Å². The number of esters is 1. The molecule has 2 atom stereocenters. The lowest BCUT2D eigenvalue weighted by molar-refractivity contribution is -0.139. The third-order valence-corrected chi connectivity index (χ3v) is 4.53. The molecule has 2 aliphatic rings. The van der Waals surface area contributed by atoms with Crippen LogP contribution in [0.15, 0.2) is 47.6 Å². The fourth-order valence-corrected chi connectivity index (χ4v) is 3.04. The van der Waals surface area contributed by atoms with Crippen molar-refractivity contribution in [3.05, 3.63) is 47.6 Å². The molecule has 0 saturated carbocycles. The van der Waals surface area contributed by atoms with Crippen molar-refractivity contribution in [2.24, 2.45) is 5.92 Å². The maximum Gasteiger partial charge on any atom is 0.334 e. The highest BCUT2D eigenvalue weighted by molar-refractivity contribution is 6.03. The Hall–Kier alpha value is -2.23. The molecule has 2 unspecified atom stereocenters. The Kier molecular flexibility index (Phi) is 5.71. The highest BCUT2D eigenvalue weighted by Gasteiger charge is 2.27. The van der Waals surface area contributed by atoms with Crippen LogP contribution in [0.2, 0.25) is 0 Å². The summed E-state index contributed by atoms with van der Waals surface area (Å²) in [5.74, 6) is -0.528. The number of ether oxygens (including phenoxy) is 1. The summed E-state index contributed by atoms with van der Waals surface area (Å²) < 4.78 is 5.34. The monoisotopic (exact) mass is 328 g/mol. The van der Waals surface area contributed by atoms with Crippen molar-refractivity contribution in [1.29, 1.82) is 0 Å². The maximum atomic E-state index is 12.4. The molecule has 0 N–H and O–H groups in total. The number of rotatable bonds is 1. The first kappa shape index (κ1) is 18.1. The van der Waals surface area contributed by atoms with Crippen LogP contribution in [0.3, 0.4) is 0 Å². The maximum absolute atomic E-state index is 12.4. The minimum absolute atomic E-state index is 0.0124. The average molecular weight is 328 g/mol. The molecule has 128 valence electrons. The van der Waals surface area contributed by atoms with Crippen LogP contribution in [0.1, 0.15) is 46.0 Å². The number of ketones is 2. The Labute approximate surface area is 143 Å². The van der Waals surface area contributed by atoms with Crippen molar-refractivity contribution in [1.82, 2.24) is 0 Å². The fraction of sp³-hybridized carbons (Fsp3) is 0.450. The van der Waals surface area contributed by atoms with Crippen LogP contribution >= 0.6 is 0 Å². The second-order valence-electron chi connectivity index (χ2n) is 6.77. The van der Waals surface area contributed by atoms with Gasteiger partial charge in [-0.3, -0.25) is 9.59 Å². The molecule has 24 heavy (non-hydrogen) atoms. The fourth-order valence-electron chi connectivity index (χ4n) is 3.04. The van der Waals surface area contributed by atoms with E-state index in [2.05, 4.69) is 13.2 Å². The zero-order valence-electron chi connectivity index (χ0n) is 14.4. The molecule has 1 aliphatic carbocycles. The van der Waals surface area contributed by atoms with Gasteiger partial charge < -0.3 is 4.74 Å². The number of Topliss-reactive ketones (excluding diaryl/α,β-unsaturated/α-hetero) is 1. The predicted octanol–water partition coefficient (Wildman–Crippen LogP) is 3.64. The van der Waals surface area contributed by atoms with Gasteiger partial charge in [-0.05, 0) is 50.3 Å². The third kappa shape index (κ3) is 4.63. The number of carbonyl (C=O) groups excluding carboxylic acids is 3. The molecule has 1 heterocycles. The van der Waals surface area contributed by atoms with E-state index in [1.165, 1.54) is 6.08 Å². The molecule has 0 radical (unpaired) electrons. The molecule has 4 nitrogen and oxygen atoms in total. The molecule has 2 bridgehead atoms. The molecule has 2 rings (SSSR count). The number of carbonyl (C=O) groups is 3. The molecule has 4 heteroatoms. The van der Waals surface area contributed by atoms with Gasteiger partial charge in [-0.2, -0.15) is 0 Å². The lowest BCUT2D eigenvalue weighted by Crippen LogP contribution is -2.12. The van der Waals surface area contributed by atoms with Crippen LogP contribution in [-0.2, 0) is 19.1 Å². The van der Waals surface area contributed by atoms with Crippen LogP contribution in [-0.4, -0.2) is 23.6 Å². The Morgan fingerprint density at radius 3 is 2.62 bits per heavy atom. The first-order chi connectivity index (χ1) is 11.3. The minimum atomic E-state index is -0.342. The lowest BCUT2D eigenvalue weighted by Gasteiger charge is -2.16. The summed E-state index contributed by atoms with van der Waals surface area (Å²) in [6.45, 7) is 11.4. The molecule has 0 saturated heterocycles. The summed E-state index contributed by atoms with van der Waals surface area (Å²) in [5.41, 5.74) is 2.71. The van der Waals surface area contributed by atoms with E-state index in [1.54, 1.807) is 6.92 Å². The Morgan fingerprint density at radius 2 is 1.96 bits per heavy atom. The molecule has 1 aliphatic heterocycles. The molecule has 0 aromatic heterocycles. The van der Waals surface area contributed by atoms with Gasteiger partial charge >= 0.3 is 5.97 Å². The minimum Gasteiger partial charge on any atom is -0.454 e. The van der Waals surface area contributed by atoms with E-state index in [0.717, 1.165) is 5.57 Å². The van der Waals surface area contributed by atoms with Crippen molar-refractivity contribution in [3.8, 4) is 0 Å². The number of fused-ring (bicyclic) bond motifs is 1. The van der Waals surface area contributed by atoms with Crippen molar-refractivity contribution >= 4 is 17.5 Å². The van der Waals surface area contributed by atoms with E-state index >= 15 is 0 Å². The number of allylic oxidation sites excluding steroid dienone is 3. The van der Waals surface area contributed by atoms with Crippen LogP contribution < -0.4 is 0 Å². The molecular weight excluding hydrogens is 304 g/mol. The summed E-state index contributed by atoms with van der Waals surface area (Å²) >= 11 is 0. The lowest BCUT2D eigenvalue weighted by atomic mass is 9.87. The van der Waals surface area contributed by atoms with Crippen LogP contribution in [0.5, 0.6) is 0 Å². The average Bonchev–Trinajstić information content (AvgIpc) is 2.81. The van der Waals surface area contributed by atoms with E-state index in [1.807, 2.05) is 13.0 Å². The van der Waals surface area contributed by atoms with Crippen LogP contribution in [0.25, 0.3) is 0 Å². The van der Waals surface area contributed by atoms with Gasteiger partial charge in [0.1, 0.15) is 6.10 Å². The third-order valence-electron chi connectivity index (χ3n) is 4.53. The zero-order chi connectivity index (χ0) is 17.9. The van der Waals surface area contributed by atoms with E-state index in [9.17, 15) is 14.4 Å². The summed E-state index contributed by atoms with van der Waals surface area (Å²) in [6, 6.07) is 0. The summed E-state index contributed by atoms with van der Waals surface area (Å²) in [7, 11) is 0. The molecular formula is C20H24O4. The Balaban J connectivity index is 2.26. The summed E-state index contributed by atoms with van der Waals surface area (Å²) in [4.78, 5) is 36.4. The predicted molar refractivity (Wildman–Crippen MR) is 92.3 cm³/mol. The SMILES string of the molecule is C=C1CC(=O)C=C(C)C(=O)CC(C(=C)C)CCC2=CC(C1)OC2=O. The zero-order valence-corrected chi connectivity index (χ0v) is 14.4. The largest absolute Gasteiger partial charge is 0.454 e. The van der Waals surface area contributed by atoms with Crippen molar-refractivity contribution in [3.63, 3.8) is 0 Å². The molecule has 0 spiro atoms. The van der Waals surface area contributed by atoms with Crippen molar-refractivity contribution < 1.29 is 19.1 Å². The van der Waals surface area contributed by atoms with Crippen molar-refractivity contribution in [2.75, 3.05) is 0 Å². The summed E-state index contributed by atoms with van der Waals surface area (Å²) in [6.07, 6.45) is 5.00. The first-order valence-corrected chi connectivity index (χ1v) is 8.24. The van der Waals surface area contributed by atoms with E-state index in [-0.39, 0.29) is 36.0 Å². The smallest absolute Gasteiger partial charge is 0.334 e. The normalized spacial score (nSPS) is 26.4. The number of hydrogen-bond donors (Lipinski definition) is 0. The van der Waals surface area contributed by atoms with Crippen molar-refractivity contribution in [2.45, 2.75) is 52.1 Å². The van der Waals surface area contributed by atoms with Crippen LogP contribution in [0, 0.1) is 5.92 Å². The molecule has 0 fully saturated rings. The Morgan fingerprint density at radius 1 is 1.25 bits per heavy atom. The van der Waals surface area contributed by atoms with Gasteiger partial charge in [-0.1, -0.05) is 24.3 Å². The highest BCUT2D eigenvalue weighted by Crippen LogP contribution is 2.29. The Bertz CT molecular complexity index is 663. The topological polar surface area (TPSA) is 60.4 Å². The highest BCUT2D eigenvalue weighted by atomic mass is 16.5. The van der Waals surface area contributed by atoms with Gasteiger partial charge in [0.15, 0.2) is 11.6 Å². The van der Waals surface area contributed by atoms with E-state index in [4.69, 9.17) is 4.74 Å². The van der Waals surface area contributed by atoms with E-state index in [0.29, 0.717) is 42.4 Å². The second kappa shape index (κ2) is 7.56. The quantitative estimate of drug-likeness (QED) is 0.545. The first-order valence-electron chi connectivity index (χ1n) is 8.24. The van der Waals surface area contributed by atoms with Gasteiger partial charge in [0, 0.05) is 24.8 Å². The molecule has 0 amide bonds. The van der Waals surface area contributed by atoms with Gasteiger partial charge in [0.2, 0.25) is 0 Å². The summed E-state index contributed by atoms with van der Waals surface area (Å²) in [5, 5.41) is 0. The van der Waals surface area contributed by atoms with Gasteiger partial charge in [0.25, 0.3) is 0 Å². The number of hydrogen-bond acceptors (Lipinski definition) is 4. The second-order valence-corrected chi connectivity index (χ2v) is 6.77. The van der Waals surface area contributed by atoms with Gasteiger partial charge in [0.05, 0.1) is 0 Å². The molecule has 0 aromatic carbocycles. The molecule has 0 aromatic rings. The van der Waals surface area contributed by atoms with Gasteiger partial charge in [-0.25, -0.2) is 4.79 Å². The standard InChI is InChI=1S/C20H24O4/c1-12(2)15-5-6-16-10-18(24-20(16)23)8-13(3)7-17(21)9-14(4)19(22)11-15/h9-10,15,18H,1,3,5-8,11H2,2,4H3. The van der Waals surface area contributed by atoms with Gasteiger partial charge in [-0.15, -0.1) is 0 Å².